The molecule has 0 heterocycles. The zero-order chi connectivity index (χ0) is 16.9. The number of carbonyl (C=O) groups excluding carboxylic acids is 1. The molecule has 0 saturated heterocycles. The molecule has 0 saturated carbocycles. The van der Waals surface area contributed by atoms with E-state index in [1.807, 2.05) is 25.1 Å². The maximum atomic E-state index is 11.6. The van der Waals surface area contributed by atoms with Crippen molar-refractivity contribution in [3.63, 3.8) is 0 Å². The Morgan fingerprint density at radius 1 is 1.29 bits per heavy atom. The molecule has 5 nitrogen and oxygen atoms in total. The van der Waals surface area contributed by atoms with Gasteiger partial charge in [-0.1, -0.05) is 43.3 Å². The fraction of sp³-hybridized carbons (Fsp3) is 0.444. The molecule has 0 aliphatic rings. The van der Waals surface area contributed by atoms with E-state index in [1.54, 1.807) is 6.08 Å². The fourth-order valence-electron chi connectivity index (χ4n) is 1.97. The van der Waals surface area contributed by atoms with Crippen LogP contribution in [-0.2, 0) is 4.79 Å². The number of hydrogen-bond donors (Lipinski definition) is 3. The van der Waals surface area contributed by atoms with E-state index in [4.69, 9.17) is 0 Å². The standard InChI is InChI=1S/C18H28N4O.HI/c1-4-12-19-17(23)11-14-21-18(20-13-5-2)22-15(3)16-9-7-6-8-10-16;/h5-10,15H,2,4,11-14H2,1,3H3,(H,19,23)(H2,20,21,22);1H. The lowest BCUT2D eigenvalue weighted by molar-refractivity contribution is -0.120. The van der Waals surface area contributed by atoms with Crippen molar-refractivity contribution >= 4 is 35.8 Å². The molecule has 1 atom stereocenters. The van der Waals surface area contributed by atoms with Gasteiger partial charge in [0.2, 0.25) is 5.91 Å². The van der Waals surface area contributed by atoms with Crippen LogP contribution in [0.25, 0.3) is 0 Å². The van der Waals surface area contributed by atoms with Gasteiger partial charge in [0, 0.05) is 19.5 Å². The van der Waals surface area contributed by atoms with Gasteiger partial charge in [0.1, 0.15) is 0 Å². The van der Waals surface area contributed by atoms with E-state index < -0.39 is 0 Å². The van der Waals surface area contributed by atoms with E-state index in [2.05, 4.69) is 46.6 Å². The first-order chi connectivity index (χ1) is 11.2. The first kappa shape index (κ1) is 22.4. The first-order valence-corrected chi connectivity index (χ1v) is 8.14. The van der Waals surface area contributed by atoms with Crippen molar-refractivity contribution in [3.8, 4) is 0 Å². The van der Waals surface area contributed by atoms with Crippen LogP contribution in [0.4, 0.5) is 0 Å². The van der Waals surface area contributed by atoms with Gasteiger partial charge in [-0.15, -0.1) is 30.6 Å². The minimum atomic E-state index is 0. The monoisotopic (exact) mass is 444 g/mol. The Kier molecular flexibility index (Phi) is 12.9. The Balaban J connectivity index is 0.00000529. The van der Waals surface area contributed by atoms with E-state index in [9.17, 15) is 4.79 Å². The van der Waals surface area contributed by atoms with Gasteiger partial charge < -0.3 is 16.0 Å². The molecule has 3 N–H and O–H groups in total. The number of rotatable bonds is 9. The molecule has 134 valence electrons. The number of benzene rings is 1. The van der Waals surface area contributed by atoms with Crippen LogP contribution in [0.5, 0.6) is 0 Å². The van der Waals surface area contributed by atoms with Crippen LogP contribution in [0.1, 0.15) is 38.3 Å². The van der Waals surface area contributed by atoms with Crippen molar-refractivity contribution in [1.29, 1.82) is 0 Å². The molecular weight excluding hydrogens is 415 g/mol. The summed E-state index contributed by atoms with van der Waals surface area (Å²) in [6, 6.07) is 10.3. The highest BCUT2D eigenvalue weighted by Gasteiger charge is 2.07. The maximum absolute atomic E-state index is 11.6. The molecule has 0 aliphatic heterocycles. The van der Waals surface area contributed by atoms with Crippen LogP contribution in [0.15, 0.2) is 48.0 Å². The van der Waals surface area contributed by atoms with Crippen molar-refractivity contribution in [2.24, 2.45) is 4.99 Å². The Hall–Kier alpha value is -1.57. The molecule has 0 radical (unpaired) electrons. The smallest absolute Gasteiger partial charge is 0.221 e. The van der Waals surface area contributed by atoms with Crippen molar-refractivity contribution in [1.82, 2.24) is 16.0 Å². The van der Waals surface area contributed by atoms with Gasteiger partial charge in [-0.25, -0.2) is 0 Å². The molecule has 1 aromatic carbocycles. The summed E-state index contributed by atoms with van der Waals surface area (Å²) in [7, 11) is 0. The Morgan fingerprint density at radius 3 is 2.62 bits per heavy atom. The normalized spacial score (nSPS) is 11.8. The predicted octanol–water partition coefficient (Wildman–Crippen LogP) is 3.00. The molecule has 1 aromatic rings. The first-order valence-electron chi connectivity index (χ1n) is 8.14. The third kappa shape index (κ3) is 9.54. The second-order valence-electron chi connectivity index (χ2n) is 5.28. The summed E-state index contributed by atoms with van der Waals surface area (Å²) in [6.45, 7) is 9.60. The fourth-order valence-corrected chi connectivity index (χ4v) is 1.97. The SMILES string of the molecule is C=CCNC(=NCCC(=O)NCCC)NC(C)c1ccccc1.I. The highest BCUT2D eigenvalue weighted by Crippen LogP contribution is 2.10. The van der Waals surface area contributed by atoms with E-state index >= 15 is 0 Å². The summed E-state index contributed by atoms with van der Waals surface area (Å²) in [6.07, 6.45) is 3.11. The van der Waals surface area contributed by atoms with Crippen molar-refractivity contribution in [2.75, 3.05) is 19.6 Å². The lowest BCUT2D eigenvalue weighted by atomic mass is 10.1. The topological polar surface area (TPSA) is 65.5 Å². The number of halogens is 1. The third-order valence-corrected chi connectivity index (χ3v) is 3.25. The number of nitrogens with zero attached hydrogens (tertiary/aromatic N) is 1. The summed E-state index contributed by atoms with van der Waals surface area (Å²) in [5.41, 5.74) is 1.18. The third-order valence-electron chi connectivity index (χ3n) is 3.25. The zero-order valence-electron chi connectivity index (χ0n) is 14.5. The largest absolute Gasteiger partial charge is 0.356 e. The number of nitrogens with one attached hydrogen (secondary N) is 3. The molecule has 0 aromatic heterocycles. The Bertz CT molecular complexity index is 505. The van der Waals surface area contributed by atoms with Gasteiger partial charge in [-0.05, 0) is 18.9 Å². The van der Waals surface area contributed by atoms with Crippen LogP contribution in [0.3, 0.4) is 0 Å². The summed E-state index contributed by atoms with van der Waals surface area (Å²) < 4.78 is 0. The second-order valence-corrected chi connectivity index (χ2v) is 5.28. The molecule has 0 bridgehead atoms. The van der Waals surface area contributed by atoms with E-state index in [0.29, 0.717) is 32.0 Å². The van der Waals surface area contributed by atoms with Crippen LogP contribution in [0.2, 0.25) is 0 Å². The van der Waals surface area contributed by atoms with Crippen LogP contribution in [-0.4, -0.2) is 31.5 Å². The zero-order valence-corrected chi connectivity index (χ0v) is 16.9. The lowest BCUT2D eigenvalue weighted by Crippen LogP contribution is -2.39. The minimum Gasteiger partial charge on any atom is -0.356 e. The summed E-state index contributed by atoms with van der Waals surface area (Å²) in [4.78, 5) is 16.1. The van der Waals surface area contributed by atoms with Gasteiger partial charge in [0.05, 0.1) is 12.6 Å². The van der Waals surface area contributed by atoms with Crippen molar-refractivity contribution in [3.05, 3.63) is 48.6 Å². The number of carbonyl (C=O) groups is 1. The summed E-state index contributed by atoms with van der Waals surface area (Å²) in [5.74, 6) is 0.722. The van der Waals surface area contributed by atoms with E-state index in [0.717, 1.165) is 6.42 Å². The molecule has 0 spiro atoms. The summed E-state index contributed by atoms with van der Waals surface area (Å²) in [5, 5.41) is 9.37. The lowest BCUT2D eigenvalue weighted by Gasteiger charge is -2.18. The minimum absolute atomic E-state index is 0. The van der Waals surface area contributed by atoms with Gasteiger partial charge in [0.25, 0.3) is 0 Å². The van der Waals surface area contributed by atoms with Crippen LogP contribution in [0, 0.1) is 0 Å². The van der Waals surface area contributed by atoms with Crippen molar-refractivity contribution in [2.45, 2.75) is 32.7 Å². The Labute approximate surface area is 162 Å². The van der Waals surface area contributed by atoms with Crippen LogP contribution < -0.4 is 16.0 Å². The van der Waals surface area contributed by atoms with E-state index in [-0.39, 0.29) is 35.9 Å². The number of hydrogen-bond acceptors (Lipinski definition) is 2. The second kappa shape index (κ2) is 13.8. The highest BCUT2D eigenvalue weighted by atomic mass is 127. The van der Waals surface area contributed by atoms with Gasteiger partial charge in [-0.3, -0.25) is 9.79 Å². The average Bonchev–Trinajstić information content (AvgIpc) is 2.58. The maximum Gasteiger partial charge on any atom is 0.221 e. The predicted molar refractivity (Wildman–Crippen MR) is 112 cm³/mol. The molecule has 1 amide bonds. The highest BCUT2D eigenvalue weighted by molar-refractivity contribution is 14.0. The van der Waals surface area contributed by atoms with Gasteiger partial charge in [-0.2, -0.15) is 0 Å². The summed E-state index contributed by atoms with van der Waals surface area (Å²) >= 11 is 0. The van der Waals surface area contributed by atoms with Crippen molar-refractivity contribution < 1.29 is 4.79 Å². The van der Waals surface area contributed by atoms with Gasteiger partial charge in [0.15, 0.2) is 5.96 Å². The number of guanidine groups is 1. The van der Waals surface area contributed by atoms with E-state index in [1.165, 1.54) is 5.56 Å². The molecule has 1 rings (SSSR count). The molecule has 0 fully saturated rings. The molecule has 1 unspecified atom stereocenters. The number of amides is 1. The van der Waals surface area contributed by atoms with Gasteiger partial charge >= 0.3 is 0 Å². The number of aliphatic imine (C=N–C) groups is 1. The Morgan fingerprint density at radius 2 is 2.00 bits per heavy atom. The quantitative estimate of drug-likeness (QED) is 0.238. The molecule has 0 aliphatic carbocycles. The molecule has 24 heavy (non-hydrogen) atoms. The average molecular weight is 444 g/mol. The molecular formula is C18H29IN4O. The van der Waals surface area contributed by atoms with Crippen LogP contribution >= 0.6 is 24.0 Å². The molecule has 6 heteroatoms.